The molecule has 3 rings (SSSR count). The minimum Gasteiger partial charge on any atom is -0.383 e. The van der Waals surface area contributed by atoms with Gasteiger partial charge in [0.1, 0.15) is 6.10 Å². The fourth-order valence-electron chi connectivity index (χ4n) is 1.98. The van der Waals surface area contributed by atoms with Crippen molar-refractivity contribution in [2.75, 3.05) is 5.75 Å². The van der Waals surface area contributed by atoms with E-state index in [9.17, 15) is 5.11 Å². The van der Waals surface area contributed by atoms with Gasteiger partial charge in [-0.05, 0) is 29.9 Å². The minimum absolute atomic E-state index is 0.466. The van der Waals surface area contributed by atoms with Crippen molar-refractivity contribution in [3.05, 3.63) is 45.4 Å². The van der Waals surface area contributed by atoms with Crippen molar-refractivity contribution < 1.29 is 5.11 Å². The molecule has 0 aromatic carbocycles. The van der Waals surface area contributed by atoms with Gasteiger partial charge in [0.05, 0.1) is 0 Å². The number of hydrogen-bond acceptors (Lipinski definition) is 3. The van der Waals surface area contributed by atoms with Gasteiger partial charge in [-0.1, -0.05) is 0 Å². The lowest BCUT2D eigenvalue weighted by atomic mass is 10.1. The van der Waals surface area contributed by atoms with Gasteiger partial charge in [0.25, 0.3) is 0 Å². The van der Waals surface area contributed by atoms with Gasteiger partial charge in [-0.3, -0.25) is 0 Å². The highest BCUT2D eigenvalue weighted by Crippen LogP contribution is 2.36. The van der Waals surface area contributed by atoms with E-state index in [2.05, 4.69) is 11.1 Å². The maximum atomic E-state index is 10.2. The molecule has 1 unspecified atom stereocenters. The molecular weight excluding hydrogens is 238 g/mol. The zero-order valence-corrected chi connectivity index (χ0v) is 10.4. The highest BCUT2D eigenvalue weighted by Gasteiger charge is 2.18. The molecule has 16 heavy (non-hydrogen) atoms. The molecule has 2 N–H and O–H groups in total. The van der Waals surface area contributed by atoms with Crippen LogP contribution in [0.4, 0.5) is 0 Å². The van der Waals surface area contributed by atoms with Crippen LogP contribution in [0.5, 0.6) is 0 Å². The molecule has 1 atom stereocenters. The van der Waals surface area contributed by atoms with E-state index in [1.165, 1.54) is 16.2 Å². The SMILES string of the molecule is OC(c1cc[nH]c1)c1cc2c(s1)CCSC2. The first-order valence-corrected chi connectivity index (χ1v) is 7.31. The monoisotopic (exact) mass is 251 g/mol. The number of aromatic nitrogens is 1. The van der Waals surface area contributed by atoms with Crippen molar-refractivity contribution in [1.29, 1.82) is 0 Å². The third kappa shape index (κ3) is 1.81. The summed E-state index contributed by atoms with van der Waals surface area (Å²) in [5.41, 5.74) is 2.37. The summed E-state index contributed by atoms with van der Waals surface area (Å²) < 4.78 is 0. The van der Waals surface area contributed by atoms with Gasteiger partial charge in [0, 0.05) is 33.5 Å². The first-order valence-electron chi connectivity index (χ1n) is 5.34. The van der Waals surface area contributed by atoms with Gasteiger partial charge in [-0.15, -0.1) is 11.3 Å². The number of aliphatic hydroxyl groups excluding tert-OH is 1. The Labute approximate surface area is 103 Å². The van der Waals surface area contributed by atoms with Crippen LogP contribution in [-0.2, 0) is 12.2 Å². The van der Waals surface area contributed by atoms with Crippen LogP contribution in [0.15, 0.2) is 24.5 Å². The van der Waals surface area contributed by atoms with E-state index in [1.54, 1.807) is 11.3 Å². The predicted molar refractivity (Wildman–Crippen MR) is 69.0 cm³/mol. The fourth-order valence-corrected chi connectivity index (χ4v) is 4.37. The van der Waals surface area contributed by atoms with Crippen LogP contribution in [0.25, 0.3) is 0 Å². The lowest BCUT2D eigenvalue weighted by molar-refractivity contribution is 0.224. The number of aryl methyl sites for hydroxylation is 1. The molecule has 2 nitrogen and oxygen atoms in total. The number of nitrogens with one attached hydrogen (secondary N) is 1. The van der Waals surface area contributed by atoms with Crippen molar-refractivity contribution in [2.24, 2.45) is 0 Å². The van der Waals surface area contributed by atoms with Crippen molar-refractivity contribution in [3.8, 4) is 0 Å². The molecule has 2 aromatic heterocycles. The standard InChI is InChI=1S/C12H13NOS2/c14-12(8-1-3-13-6-8)11-5-9-7-15-4-2-10(9)16-11/h1,3,5-6,12-14H,2,4,7H2. The Morgan fingerprint density at radius 2 is 2.38 bits per heavy atom. The molecular formula is C12H13NOS2. The zero-order chi connectivity index (χ0) is 11.0. The van der Waals surface area contributed by atoms with Gasteiger partial charge in [0.15, 0.2) is 0 Å². The van der Waals surface area contributed by atoms with E-state index in [4.69, 9.17) is 0 Å². The minimum atomic E-state index is -0.466. The number of rotatable bonds is 2. The number of fused-ring (bicyclic) bond motifs is 1. The number of thioether (sulfide) groups is 1. The summed E-state index contributed by atoms with van der Waals surface area (Å²) in [6.45, 7) is 0. The van der Waals surface area contributed by atoms with Crippen LogP contribution in [0, 0.1) is 0 Å². The summed E-state index contributed by atoms with van der Waals surface area (Å²) in [4.78, 5) is 5.52. The van der Waals surface area contributed by atoms with Crippen molar-refractivity contribution >= 4 is 23.1 Å². The highest BCUT2D eigenvalue weighted by atomic mass is 32.2. The summed E-state index contributed by atoms with van der Waals surface area (Å²) >= 11 is 3.74. The normalized spacial score (nSPS) is 17.1. The van der Waals surface area contributed by atoms with Crippen molar-refractivity contribution in [1.82, 2.24) is 4.98 Å². The number of hydrogen-bond donors (Lipinski definition) is 2. The summed E-state index contributed by atoms with van der Waals surface area (Å²) in [7, 11) is 0. The first kappa shape index (κ1) is 10.4. The summed E-state index contributed by atoms with van der Waals surface area (Å²) in [6, 6.07) is 4.10. The summed E-state index contributed by atoms with van der Waals surface area (Å²) in [5, 5.41) is 10.2. The molecule has 3 heterocycles. The van der Waals surface area contributed by atoms with E-state index >= 15 is 0 Å². The zero-order valence-electron chi connectivity index (χ0n) is 8.77. The van der Waals surface area contributed by atoms with Gasteiger partial charge in [-0.2, -0.15) is 11.8 Å². The van der Waals surface area contributed by atoms with Gasteiger partial charge < -0.3 is 10.1 Å². The number of H-pyrrole nitrogens is 1. The molecule has 0 saturated carbocycles. The summed E-state index contributed by atoms with van der Waals surface area (Å²) in [5.74, 6) is 2.32. The van der Waals surface area contributed by atoms with Crippen LogP contribution in [0.1, 0.15) is 27.0 Å². The van der Waals surface area contributed by atoms with Crippen LogP contribution >= 0.6 is 23.1 Å². The Morgan fingerprint density at radius 1 is 1.44 bits per heavy atom. The molecule has 2 aromatic rings. The van der Waals surface area contributed by atoms with Gasteiger partial charge in [0.2, 0.25) is 0 Å². The predicted octanol–water partition coefficient (Wildman–Crippen LogP) is 2.95. The van der Waals surface area contributed by atoms with E-state index < -0.39 is 6.10 Å². The average molecular weight is 251 g/mol. The number of thiophene rings is 1. The molecule has 0 spiro atoms. The largest absolute Gasteiger partial charge is 0.383 e. The molecule has 0 aliphatic carbocycles. The Bertz CT molecular complexity index is 452. The Kier molecular flexibility index (Phi) is 2.79. The van der Waals surface area contributed by atoms with E-state index in [0.29, 0.717) is 0 Å². The van der Waals surface area contributed by atoms with Crippen LogP contribution in [0.3, 0.4) is 0 Å². The molecule has 0 bridgehead atoms. The lowest BCUT2D eigenvalue weighted by Gasteiger charge is -2.08. The van der Waals surface area contributed by atoms with Crippen molar-refractivity contribution in [3.63, 3.8) is 0 Å². The second kappa shape index (κ2) is 4.28. The molecule has 1 aliphatic rings. The highest BCUT2D eigenvalue weighted by molar-refractivity contribution is 7.98. The smallest absolute Gasteiger partial charge is 0.115 e. The molecule has 0 radical (unpaired) electrons. The van der Waals surface area contributed by atoms with Gasteiger partial charge in [-0.25, -0.2) is 0 Å². The maximum Gasteiger partial charge on any atom is 0.115 e. The van der Waals surface area contributed by atoms with Crippen LogP contribution < -0.4 is 0 Å². The van der Waals surface area contributed by atoms with Crippen molar-refractivity contribution in [2.45, 2.75) is 18.3 Å². The maximum absolute atomic E-state index is 10.2. The van der Waals surface area contributed by atoms with E-state index in [-0.39, 0.29) is 0 Å². The Balaban J connectivity index is 1.92. The molecule has 1 aliphatic heterocycles. The molecule has 4 heteroatoms. The molecule has 0 fully saturated rings. The quantitative estimate of drug-likeness (QED) is 0.861. The second-order valence-electron chi connectivity index (χ2n) is 3.95. The average Bonchev–Trinajstić information content (AvgIpc) is 2.97. The second-order valence-corrected chi connectivity index (χ2v) is 6.22. The topological polar surface area (TPSA) is 36.0 Å². The lowest BCUT2D eigenvalue weighted by Crippen LogP contribution is -1.96. The Hall–Kier alpha value is -0.710. The molecule has 0 saturated heterocycles. The van der Waals surface area contributed by atoms with E-state index in [0.717, 1.165) is 22.6 Å². The number of aliphatic hydroxyl groups is 1. The van der Waals surface area contributed by atoms with Crippen LogP contribution in [0.2, 0.25) is 0 Å². The number of aromatic amines is 1. The summed E-state index contributed by atoms with van der Waals surface area (Å²) in [6.07, 6.45) is 4.40. The Morgan fingerprint density at radius 3 is 3.12 bits per heavy atom. The fraction of sp³-hybridized carbons (Fsp3) is 0.333. The molecule has 0 amide bonds. The van der Waals surface area contributed by atoms with Gasteiger partial charge >= 0.3 is 0 Å². The third-order valence-corrected chi connectivity index (χ3v) is 5.15. The van der Waals surface area contributed by atoms with Crippen LogP contribution in [-0.4, -0.2) is 15.8 Å². The molecule has 84 valence electrons. The van der Waals surface area contributed by atoms with E-state index in [1.807, 2.05) is 30.2 Å². The third-order valence-electron chi connectivity index (χ3n) is 2.85. The first-order chi connectivity index (χ1) is 7.84.